The molecule has 2 aliphatic heterocycles. The first-order valence-electron chi connectivity index (χ1n) is 16.3. The van der Waals surface area contributed by atoms with Crippen LogP contribution in [0, 0.1) is 0 Å². The maximum absolute atomic E-state index is 13.2. The summed E-state index contributed by atoms with van der Waals surface area (Å²) < 4.78 is 5.65. The fourth-order valence-corrected chi connectivity index (χ4v) is 6.94. The van der Waals surface area contributed by atoms with Crippen molar-refractivity contribution in [2.24, 2.45) is 0 Å². The summed E-state index contributed by atoms with van der Waals surface area (Å²) >= 11 is 23.7. The number of ether oxygens (including phenoxy) is 1. The van der Waals surface area contributed by atoms with E-state index in [2.05, 4.69) is 9.97 Å². The SMILES string of the molecule is CC(C)Oc1ccc(CC2(C)C(=O)N(c3cc(Cl)nc(Cl)c3)C(=O)N2C)cc1.CN1C(=O)N(c2cc(Cl)nc(Cl)c2)C(=O)C1(C)Cc1ccc(O)cc1. The molecule has 6 amide bonds. The summed E-state index contributed by atoms with van der Waals surface area (Å²) in [6.45, 7) is 7.36. The van der Waals surface area contributed by atoms with E-state index in [1.807, 2.05) is 38.1 Å². The maximum Gasteiger partial charge on any atom is 0.332 e. The first-order chi connectivity index (χ1) is 24.8. The van der Waals surface area contributed by atoms with Gasteiger partial charge in [0.25, 0.3) is 11.8 Å². The lowest BCUT2D eigenvalue weighted by atomic mass is 9.91. The second-order valence-electron chi connectivity index (χ2n) is 13.3. The standard InChI is InChI=1S/C20H21Cl2N3O3.C17H15Cl2N3O3/c1-12(2)28-15-7-5-13(6-8-15)11-20(3)18(26)25(19(27)24(20)4)14-9-16(21)23-17(22)10-14;1-17(9-10-3-5-12(23)6-4-10)15(24)22(16(25)21(17)2)11-7-13(18)20-14(19)8-11/h5-10,12H,11H2,1-4H3;3-8,23H,9H2,1-2H3. The highest BCUT2D eigenvalue weighted by Crippen LogP contribution is 2.37. The monoisotopic (exact) mass is 800 g/mol. The number of rotatable bonds is 8. The number of halogens is 4. The zero-order valence-electron chi connectivity index (χ0n) is 29.6. The molecule has 53 heavy (non-hydrogen) atoms. The van der Waals surface area contributed by atoms with Gasteiger partial charge in [-0.05, 0) is 87.4 Å². The van der Waals surface area contributed by atoms with Gasteiger partial charge in [0.05, 0.1) is 17.5 Å². The van der Waals surface area contributed by atoms with Crippen molar-refractivity contribution in [2.45, 2.75) is 57.7 Å². The minimum atomic E-state index is -1.07. The van der Waals surface area contributed by atoms with Crippen molar-refractivity contribution >= 4 is 81.7 Å². The summed E-state index contributed by atoms with van der Waals surface area (Å²) in [7, 11) is 3.19. The molecule has 16 heteroatoms. The molecule has 0 aliphatic carbocycles. The normalized spacial score (nSPS) is 20.1. The van der Waals surface area contributed by atoms with Gasteiger partial charge in [0.1, 0.15) is 43.2 Å². The number of phenolic OH excluding ortho intramolecular Hbond substituents is 1. The average Bonchev–Trinajstić information content (AvgIpc) is 3.35. The van der Waals surface area contributed by atoms with Crippen molar-refractivity contribution in [2.75, 3.05) is 23.9 Å². The zero-order chi connectivity index (χ0) is 39.0. The Balaban J connectivity index is 0.000000206. The number of pyridine rings is 2. The van der Waals surface area contributed by atoms with E-state index in [0.29, 0.717) is 18.5 Å². The van der Waals surface area contributed by atoms with E-state index in [1.54, 1.807) is 52.2 Å². The van der Waals surface area contributed by atoms with E-state index in [1.165, 1.54) is 34.1 Å². The number of hydrogen-bond donors (Lipinski definition) is 1. The summed E-state index contributed by atoms with van der Waals surface area (Å²) in [6.07, 6.45) is 0.743. The number of carbonyl (C=O) groups is 4. The molecule has 2 aromatic heterocycles. The van der Waals surface area contributed by atoms with Gasteiger partial charge in [0, 0.05) is 26.9 Å². The Hall–Kier alpha value is -4.62. The Morgan fingerprint density at radius 1 is 0.642 bits per heavy atom. The molecule has 4 aromatic rings. The van der Waals surface area contributed by atoms with Crippen LogP contribution in [0.15, 0.2) is 72.8 Å². The summed E-state index contributed by atoms with van der Waals surface area (Å²) in [5.41, 5.74) is 0.202. The summed E-state index contributed by atoms with van der Waals surface area (Å²) in [4.78, 5) is 64.5. The molecule has 0 spiro atoms. The predicted octanol–water partition coefficient (Wildman–Crippen LogP) is 8.07. The number of aromatic hydroxyl groups is 1. The third-order valence-corrected chi connectivity index (χ3v) is 9.88. The van der Waals surface area contributed by atoms with Gasteiger partial charge in [0.2, 0.25) is 0 Å². The lowest BCUT2D eigenvalue weighted by molar-refractivity contribution is -0.124. The number of carbonyl (C=O) groups excluding carboxylic acids is 4. The highest BCUT2D eigenvalue weighted by Gasteiger charge is 2.54. The molecule has 0 bridgehead atoms. The van der Waals surface area contributed by atoms with Crippen LogP contribution >= 0.6 is 46.4 Å². The molecule has 2 saturated heterocycles. The molecule has 2 atom stereocenters. The molecule has 2 fully saturated rings. The lowest BCUT2D eigenvalue weighted by Gasteiger charge is -2.28. The number of urea groups is 2. The number of phenols is 1. The lowest BCUT2D eigenvalue weighted by Crippen LogP contribution is -2.47. The molecule has 4 heterocycles. The van der Waals surface area contributed by atoms with Crippen molar-refractivity contribution in [3.63, 3.8) is 0 Å². The smallest absolute Gasteiger partial charge is 0.332 e. The third-order valence-electron chi connectivity index (χ3n) is 9.10. The number of nitrogens with zero attached hydrogens (tertiary/aromatic N) is 6. The van der Waals surface area contributed by atoms with Crippen LogP contribution in [-0.2, 0) is 22.4 Å². The van der Waals surface area contributed by atoms with E-state index in [-0.39, 0.29) is 50.0 Å². The number of anilines is 2. The van der Waals surface area contributed by atoms with Crippen LogP contribution in [0.2, 0.25) is 20.6 Å². The molecular formula is C37H36Cl4N6O6. The van der Waals surface area contributed by atoms with Crippen LogP contribution in [-0.4, -0.2) is 80.0 Å². The van der Waals surface area contributed by atoms with Crippen molar-refractivity contribution in [3.8, 4) is 11.5 Å². The highest BCUT2D eigenvalue weighted by molar-refractivity contribution is 6.34. The quantitative estimate of drug-likeness (QED) is 0.140. The fourth-order valence-electron chi connectivity index (χ4n) is 6.04. The van der Waals surface area contributed by atoms with Crippen LogP contribution in [0.25, 0.3) is 0 Å². The van der Waals surface area contributed by atoms with Gasteiger partial charge < -0.3 is 19.6 Å². The Kier molecular flexibility index (Phi) is 11.5. The van der Waals surface area contributed by atoms with Gasteiger partial charge >= 0.3 is 12.1 Å². The van der Waals surface area contributed by atoms with E-state index < -0.39 is 23.1 Å². The van der Waals surface area contributed by atoms with Gasteiger partial charge in [-0.1, -0.05) is 70.7 Å². The molecule has 0 saturated carbocycles. The molecule has 1 N–H and O–H groups in total. The van der Waals surface area contributed by atoms with E-state index in [4.69, 9.17) is 51.1 Å². The zero-order valence-corrected chi connectivity index (χ0v) is 32.6. The van der Waals surface area contributed by atoms with Crippen molar-refractivity contribution in [1.29, 1.82) is 0 Å². The van der Waals surface area contributed by atoms with Gasteiger partial charge in [-0.3, -0.25) is 9.59 Å². The van der Waals surface area contributed by atoms with E-state index >= 15 is 0 Å². The summed E-state index contributed by atoms with van der Waals surface area (Å²) in [5.74, 6) is 0.166. The molecular weight excluding hydrogens is 766 g/mol. The van der Waals surface area contributed by atoms with E-state index in [9.17, 15) is 24.3 Å². The predicted molar refractivity (Wildman–Crippen MR) is 204 cm³/mol. The van der Waals surface area contributed by atoms with Crippen LogP contribution in [0.4, 0.5) is 21.0 Å². The number of amides is 6. The van der Waals surface area contributed by atoms with Crippen LogP contribution in [0.1, 0.15) is 38.8 Å². The van der Waals surface area contributed by atoms with Gasteiger partial charge in [-0.25, -0.2) is 29.4 Å². The van der Waals surface area contributed by atoms with Crippen molar-refractivity contribution < 1.29 is 29.0 Å². The summed E-state index contributed by atoms with van der Waals surface area (Å²) in [5, 5.41) is 9.81. The van der Waals surface area contributed by atoms with E-state index in [0.717, 1.165) is 26.7 Å². The van der Waals surface area contributed by atoms with Crippen LogP contribution in [0.5, 0.6) is 11.5 Å². The van der Waals surface area contributed by atoms with Crippen LogP contribution < -0.4 is 14.5 Å². The largest absolute Gasteiger partial charge is 0.508 e. The molecule has 0 radical (unpaired) electrons. The van der Waals surface area contributed by atoms with Crippen LogP contribution in [0.3, 0.4) is 0 Å². The molecule has 2 aliphatic rings. The average molecular weight is 803 g/mol. The number of benzene rings is 2. The number of hydrogen-bond acceptors (Lipinski definition) is 8. The minimum absolute atomic E-state index is 0.0797. The molecule has 278 valence electrons. The van der Waals surface area contributed by atoms with Gasteiger partial charge in [-0.15, -0.1) is 0 Å². The van der Waals surface area contributed by atoms with Crippen molar-refractivity contribution in [1.82, 2.24) is 19.8 Å². The van der Waals surface area contributed by atoms with Gasteiger partial charge in [-0.2, -0.15) is 0 Å². The Bertz CT molecular complexity index is 2030. The van der Waals surface area contributed by atoms with Crippen molar-refractivity contribution in [3.05, 3.63) is 105 Å². The highest BCUT2D eigenvalue weighted by atomic mass is 35.5. The summed E-state index contributed by atoms with van der Waals surface area (Å²) in [6, 6.07) is 18.9. The molecule has 2 unspecified atom stereocenters. The fraction of sp³-hybridized carbons (Fsp3) is 0.297. The first-order valence-corrected chi connectivity index (χ1v) is 17.8. The van der Waals surface area contributed by atoms with Gasteiger partial charge in [0.15, 0.2) is 0 Å². The number of aromatic nitrogens is 2. The Morgan fingerprint density at radius 3 is 1.32 bits per heavy atom. The topological polar surface area (TPSA) is 136 Å². The molecule has 2 aromatic carbocycles. The molecule has 6 rings (SSSR count). The Morgan fingerprint density at radius 2 is 0.981 bits per heavy atom. The first kappa shape index (κ1) is 39.6. The Labute approximate surface area is 326 Å². The second kappa shape index (κ2) is 15.4. The number of likely N-dealkylation sites (N-methyl/N-ethyl adjacent to an activating group) is 2. The maximum atomic E-state index is 13.2. The number of imide groups is 2. The third kappa shape index (κ3) is 8.16. The molecule has 12 nitrogen and oxygen atoms in total. The second-order valence-corrected chi connectivity index (χ2v) is 14.8. The minimum Gasteiger partial charge on any atom is -0.508 e.